The second kappa shape index (κ2) is 14.6. The number of amides is 2. The average Bonchev–Trinajstić information content (AvgIpc) is 3.66. The fourth-order valence-corrected chi connectivity index (χ4v) is 7.70. The van der Waals surface area contributed by atoms with Crippen LogP contribution in [-0.4, -0.2) is 41.5 Å². The van der Waals surface area contributed by atoms with Crippen LogP contribution in [0.4, 0.5) is 11.4 Å². The van der Waals surface area contributed by atoms with Crippen LogP contribution in [0, 0.1) is 22.7 Å². The predicted molar refractivity (Wildman–Crippen MR) is 197 cm³/mol. The summed E-state index contributed by atoms with van der Waals surface area (Å²) < 4.78 is 11.6. The summed E-state index contributed by atoms with van der Waals surface area (Å²) in [6.07, 6.45) is 0.697. The quantitative estimate of drug-likeness (QED) is 0.122. The van der Waals surface area contributed by atoms with Crippen molar-refractivity contribution in [3.63, 3.8) is 0 Å². The molecule has 0 aliphatic heterocycles. The lowest BCUT2D eigenvalue weighted by Crippen LogP contribution is -2.24. The van der Waals surface area contributed by atoms with Crippen LogP contribution in [0.5, 0.6) is 11.8 Å². The summed E-state index contributed by atoms with van der Waals surface area (Å²) in [5.41, 5.74) is 9.82. The van der Waals surface area contributed by atoms with Crippen LogP contribution in [0.15, 0.2) is 60.7 Å². The number of nitrogen functional groups attached to an aromatic ring is 1. The van der Waals surface area contributed by atoms with Crippen molar-refractivity contribution in [2.24, 2.45) is 0 Å². The molecule has 2 amide bonds. The molecule has 0 fully saturated rings. The van der Waals surface area contributed by atoms with E-state index in [9.17, 15) is 20.1 Å². The van der Waals surface area contributed by atoms with E-state index >= 15 is 0 Å². The van der Waals surface area contributed by atoms with Crippen molar-refractivity contribution >= 4 is 66.3 Å². The number of aromatic nitrogens is 2. The molecule has 13 heteroatoms. The van der Waals surface area contributed by atoms with Gasteiger partial charge in [0.05, 0.1) is 24.6 Å². The minimum atomic E-state index is -0.600. The first-order valence-corrected chi connectivity index (χ1v) is 17.5. The molecule has 2 aromatic carbocycles. The highest BCUT2D eigenvalue weighted by Crippen LogP contribution is 2.47. The van der Waals surface area contributed by atoms with E-state index in [1.54, 1.807) is 13.8 Å². The SMILES string of the molecule is CCCNC(=O)c1sc2nc(OCC)c(C#N)c(-c3ccccc3)c2c1NC(=O)c1sc2nc(OCC)c(C#N)c(-c3ccccc3)c2c1N. The number of hydrogen-bond donors (Lipinski definition) is 3. The highest BCUT2D eigenvalue weighted by atomic mass is 32.1. The van der Waals surface area contributed by atoms with E-state index in [1.807, 2.05) is 67.6 Å². The number of nitrogens with one attached hydrogen (secondary N) is 2. The predicted octanol–water partition coefficient (Wildman–Crippen LogP) is 7.76. The number of benzene rings is 2. The van der Waals surface area contributed by atoms with Gasteiger partial charge in [-0.1, -0.05) is 67.6 Å². The van der Waals surface area contributed by atoms with E-state index in [0.29, 0.717) is 55.7 Å². The smallest absolute Gasteiger partial charge is 0.268 e. The Hall–Kier alpha value is -6.02. The molecule has 0 radical (unpaired) electrons. The zero-order valence-electron chi connectivity index (χ0n) is 27.4. The van der Waals surface area contributed by atoms with Crippen LogP contribution < -0.4 is 25.8 Å². The summed E-state index contributed by atoms with van der Waals surface area (Å²) in [5.74, 6) is -0.733. The number of nitriles is 2. The maximum atomic E-state index is 14.4. The zero-order valence-corrected chi connectivity index (χ0v) is 29.1. The van der Waals surface area contributed by atoms with Crippen LogP contribution in [0.25, 0.3) is 42.7 Å². The van der Waals surface area contributed by atoms with Crippen LogP contribution in [0.1, 0.15) is 57.7 Å². The van der Waals surface area contributed by atoms with Crippen molar-refractivity contribution in [2.45, 2.75) is 27.2 Å². The number of carbonyl (C=O) groups is 2. The van der Waals surface area contributed by atoms with E-state index in [1.165, 1.54) is 0 Å². The van der Waals surface area contributed by atoms with E-state index in [-0.39, 0.29) is 57.2 Å². The Balaban J connectivity index is 1.60. The number of rotatable bonds is 11. The van der Waals surface area contributed by atoms with E-state index in [4.69, 9.17) is 15.2 Å². The first-order chi connectivity index (χ1) is 24.4. The monoisotopic (exact) mass is 701 g/mol. The Morgan fingerprint density at radius 1 is 0.760 bits per heavy atom. The van der Waals surface area contributed by atoms with Crippen LogP contribution in [0.3, 0.4) is 0 Å². The zero-order chi connectivity index (χ0) is 35.4. The van der Waals surface area contributed by atoms with Crippen LogP contribution in [-0.2, 0) is 0 Å². The van der Waals surface area contributed by atoms with Crippen molar-refractivity contribution in [3.05, 3.63) is 81.5 Å². The molecule has 250 valence electrons. The molecule has 0 saturated carbocycles. The lowest BCUT2D eigenvalue weighted by molar-refractivity contribution is 0.0958. The van der Waals surface area contributed by atoms with Crippen molar-refractivity contribution in [1.82, 2.24) is 15.3 Å². The molecule has 0 atom stereocenters. The number of thiophene rings is 2. The Morgan fingerprint density at radius 2 is 1.26 bits per heavy atom. The minimum absolute atomic E-state index is 0.127. The molecule has 0 unspecified atom stereocenters. The van der Waals surface area contributed by atoms with Gasteiger partial charge in [-0.15, -0.1) is 22.7 Å². The van der Waals surface area contributed by atoms with E-state index in [0.717, 1.165) is 22.7 Å². The molecule has 0 spiro atoms. The second-order valence-corrected chi connectivity index (χ2v) is 12.9. The Kier molecular flexibility index (Phi) is 9.90. The molecule has 6 rings (SSSR count). The third-order valence-corrected chi connectivity index (χ3v) is 9.93. The molecule has 0 bridgehead atoms. The lowest BCUT2D eigenvalue weighted by atomic mass is 9.97. The van der Waals surface area contributed by atoms with Crippen molar-refractivity contribution < 1.29 is 19.1 Å². The van der Waals surface area contributed by atoms with Crippen LogP contribution in [0.2, 0.25) is 0 Å². The fourth-order valence-electron chi connectivity index (χ4n) is 5.66. The molecular formula is C37H31N7O4S2. The maximum absolute atomic E-state index is 14.4. The number of carbonyl (C=O) groups excluding carboxylic acids is 2. The topological polar surface area (TPSA) is 176 Å². The van der Waals surface area contributed by atoms with Gasteiger partial charge in [0.25, 0.3) is 11.8 Å². The van der Waals surface area contributed by atoms with Gasteiger partial charge in [0, 0.05) is 28.4 Å². The number of fused-ring (bicyclic) bond motifs is 2. The largest absolute Gasteiger partial charge is 0.477 e. The van der Waals surface area contributed by atoms with Gasteiger partial charge in [0.2, 0.25) is 11.8 Å². The van der Waals surface area contributed by atoms with Gasteiger partial charge in [-0.2, -0.15) is 10.5 Å². The summed E-state index contributed by atoms with van der Waals surface area (Å²) in [4.78, 5) is 38.4. The molecule has 4 aromatic heterocycles. The number of nitrogens with two attached hydrogens (primary N) is 1. The van der Waals surface area contributed by atoms with Crippen molar-refractivity contribution in [1.29, 1.82) is 10.5 Å². The number of pyridine rings is 2. The summed E-state index contributed by atoms with van der Waals surface area (Å²) in [7, 11) is 0. The number of nitrogens with zero attached hydrogens (tertiary/aromatic N) is 4. The molecule has 11 nitrogen and oxygen atoms in total. The van der Waals surface area contributed by atoms with Crippen molar-refractivity contribution in [3.8, 4) is 46.2 Å². The molecule has 4 N–H and O–H groups in total. The highest BCUT2D eigenvalue weighted by Gasteiger charge is 2.30. The first kappa shape index (κ1) is 33.9. The highest BCUT2D eigenvalue weighted by molar-refractivity contribution is 7.22. The summed E-state index contributed by atoms with van der Waals surface area (Å²) in [6.45, 7) is 6.48. The van der Waals surface area contributed by atoms with Gasteiger partial charge >= 0.3 is 0 Å². The van der Waals surface area contributed by atoms with E-state index in [2.05, 4.69) is 32.7 Å². The Labute approximate surface area is 295 Å². The summed E-state index contributed by atoms with van der Waals surface area (Å²) in [5, 5.41) is 27.3. The maximum Gasteiger partial charge on any atom is 0.268 e. The van der Waals surface area contributed by atoms with Gasteiger partial charge in [0.15, 0.2) is 0 Å². The second-order valence-electron chi connectivity index (χ2n) is 10.9. The van der Waals surface area contributed by atoms with Crippen molar-refractivity contribution in [2.75, 3.05) is 30.8 Å². The normalized spacial score (nSPS) is 10.8. The third-order valence-electron chi connectivity index (χ3n) is 7.75. The standard InChI is InChI=1S/C37H31N7O4S2/c1-4-17-41-32(45)31-29(27-25(21-15-11-8-12-16-21)23(19-39)35(48-6-3)44-37(27)50-31)42-33(46)30-28(40)26-24(20-13-9-7-10-14-20)22(18-38)34(47-5-2)43-36(26)49-30/h7-16H,4-6,17,40H2,1-3H3,(H,41,45)(H,42,46). The molecular weight excluding hydrogens is 671 g/mol. The summed E-state index contributed by atoms with van der Waals surface area (Å²) >= 11 is 2.14. The minimum Gasteiger partial charge on any atom is -0.477 e. The molecule has 0 saturated heterocycles. The van der Waals surface area contributed by atoms with Gasteiger partial charge in [0.1, 0.15) is 42.7 Å². The lowest BCUT2D eigenvalue weighted by Gasteiger charge is -2.14. The first-order valence-electron chi connectivity index (χ1n) is 15.9. The van der Waals surface area contributed by atoms with E-state index < -0.39 is 11.8 Å². The molecule has 50 heavy (non-hydrogen) atoms. The van der Waals surface area contributed by atoms with Gasteiger partial charge in [-0.3, -0.25) is 9.59 Å². The third kappa shape index (κ3) is 6.05. The average molecular weight is 702 g/mol. The molecule has 0 aliphatic rings. The van der Waals surface area contributed by atoms with Gasteiger partial charge in [-0.25, -0.2) is 9.97 Å². The van der Waals surface area contributed by atoms with Gasteiger partial charge < -0.3 is 25.8 Å². The molecule has 6 aromatic rings. The fraction of sp³-hybridized carbons (Fsp3) is 0.189. The molecule has 4 heterocycles. The van der Waals surface area contributed by atoms with Crippen LogP contribution >= 0.6 is 22.7 Å². The Morgan fingerprint density at radius 3 is 1.76 bits per heavy atom. The summed E-state index contributed by atoms with van der Waals surface area (Å²) in [6, 6.07) is 22.9. The molecule has 0 aliphatic carbocycles. The Bertz CT molecular complexity index is 2340. The number of anilines is 2. The number of hydrogen-bond acceptors (Lipinski definition) is 11. The number of ether oxygens (including phenoxy) is 2. The van der Waals surface area contributed by atoms with Gasteiger partial charge in [-0.05, 0) is 31.4 Å².